The predicted molar refractivity (Wildman–Crippen MR) is 72.9 cm³/mol. The molecule has 0 aliphatic heterocycles. The van der Waals surface area contributed by atoms with Crippen LogP contribution in [0.2, 0.25) is 0 Å². The summed E-state index contributed by atoms with van der Waals surface area (Å²) in [6, 6.07) is 0. The fraction of sp³-hybridized carbons (Fsp3) is 0.857. The van der Waals surface area contributed by atoms with Crippen molar-refractivity contribution in [3.8, 4) is 0 Å². The number of allylic oxidation sites excluding steroid dienone is 2. The van der Waals surface area contributed by atoms with Crippen molar-refractivity contribution in [2.75, 3.05) is 0 Å². The quantitative estimate of drug-likeness (QED) is 0.624. The van der Waals surface area contributed by atoms with Gasteiger partial charge in [-0.1, -0.05) is 27.2 Å². The van der Waals surface area contributed by atoms with Gasteiger partial charge in [0.15, 0.2) is 0 Å². The van der Waals surface area contributed by atoms with E-state index in [1.54, 1.807) is 0 Å². The van der Waals surface area contributed by atoms with Gasteiger partial charge in [-0.15, -0.1) is 0 Å². The van der Waals surface area contributed by atoms with Crippen LogP contribution in [0.1, 0.15) is 52.9 Å². The van der Waals surface area contributed by atoms with E-state index < -0.39 is 0 Å². The summed E-state index contributed by atoms with van der Waals surface area (Å²) in [5.74, 6) is 6.11. The second-order valence-electron chi connectivity index (χ2n) is 6.92. The van der Waals surface area contributed by atoms with E-state index in [1.165, 1.54) is 6.42 Å². The Kier molecular flexibility index (Phi) is 3.36. The molecule has 1 spiro atoms. The summed E-state index contributed by atoms with van der Waals surface area (Å²) in [6.07, 6.45) is 5.24. The van der Waals surface area contributed by atoms with Gasteiger partial charge in [0, 0.05) is 16.8 Å². The van der Waals surface area contributed by atoms with Crippen molar-refractivity contribution in [3.05, 3.63) is 11.4 Å². The fourth-order valence-corrected chi connectivity index (χ4v) is 4.23. The minimum absolute atomic E-state index is 0.0559. The number of hydrogen-bond donors (Lipinski definition) is 3. The Morgan fingerprint density at radius 3 is 2.44 bits per heavy atom. The summed E-state index contributed by atoms with van der Waals surface area (Å²) >= 11 is 0. The molecular formula is C14H27N3O. The van der Waals surface area contributed by atoms with Crippen molar-refractivity contribution in [2.24, 2.45) is 34.1 Å². The van der Waals surface area contributed by atoms with Gasteiger partial charge < -0.3 is 16.3 Å². The first-order chi connectivity index (χ1) is 8.33. The topological polar surface area (TPSA) is 87.3 Å². The van der Waals surface area contributed by atoms with Crippen LogP contribution in [0.5, 0.6) is 0 Å². The molecule has 0 bridgehead atoms. The van der Waals surface area contributed by atoms with Gasteiger partial charge >= 0.3 is 0 Å². The van der Waals surface area contributed by atoms with Gasteiger partial charge in [0.05, 0.1) is 6.10 Å². The van der Waals surface area contributed by atoms with Crippen molar-refractivity contribution in [1.82, 2.24) is 0 Å². The van der Waals surface area contributed by atoms with E-state index in [4.69, 9.17) is 22.2 Å². The molecule has 2 rings (SSSR count). The van der Waals surface area contributed by atoms with E-state index >= 15 is 0 Å². The molecule has 4 nitrogen and oxygen atoms in total. The van der Waals surface area contributed by atoms with E-state index in [0.717, 1.165) is 37.1 Å². The van der Waals surface area contributed by atoms with E-state index in [-0.39, 0.29) is 16.9 Å². The molecule has 0 radical (unpaired) electrons. The fourth-order valence-electron chi connectivity index (χ4n) is 4.23. The molecule has 0 aromatic carbocycles. The van der Waals surface area contributed by atoms with Gasteiger partial charge in [-0.25, -0.2) is 5.90 Å². The number of rotatable bonds is 1. The van der Waals surface area contributed by atoms with Gasteiger partial charge in [-0.3, -0.25) is 0 Å². The molecule has 0 saturated heterocycles. The van der Waals surface area contributed by atoms with Crippen LogP contribution >= 0.6 is 0 Å². The third kappa shape index (κ3) is 1.91. The minimum atomic E-state index is 0.0559. The lowest BCUT2D eigenvalue weighted by atomic mass is 9.53. The second kappa shape index (κ2) is 4.42. The van der Waals surface area contributed by atoms with Crippen LogP contribution in [0.15, 0.2) is 11.4 Å². The second-order valence-corrected chi connectivity index (χ2v) is 6.92. The van der Waals surface area contributed by atoms with Crippen molar-refractivity contribution >= 4 is 0 Å². The van der Waals surface area contributed by atoms with Crippen LogP contribution in [0.3, 0.4) is 0 Å². The van der Waals surface area contributed by atoms with Gasteiger partial charge in [0.25, 0.3) is 0 Å². The molecule has 104 valence electrons. The third-order valence-electron chi connectivity index (χ3n) is 5.27. The molecule has 3 atom stereocenters. The Bertz CT molecular complexity index is 364. The maximum Gasteiger partial charge on any atom is 0.0900 e. The van der Waals surface area contributed by atoms with Gasteiger partial charge in [-0.05, 0) is 37.0 Å². The van der Waals surface area contributed by atoms with E-state index in [0.29, 0.717) is 5.92 Å². The lowest BCUT2D eigenvalue weighted by molar-refractivity contribution is -0.159. The van der Waals surface area contributed by atoms with Crippen molar-refractivity contribution in [2.45, 2.75) is 59.0 Å². The highest BCUT2D eigenvalue weighted by molar-refractivity contribution is 5.19. The molecule has 0 aromatic rings. The van der Waals surface area contributed by atoms with Gasteiger partial charge in [0.2, 0.25) is 0 Å². The summed E-state index contributed by atoms with van der Waals surface area (Å²) in [5, 5.41) is 0. The van der Waals surface area contributed by atoms with E-state index in [9.17, 15) is 0 Å². The molecule has 2 aliphatic rings. The van der Waals surface area contributed by atoms with Crippen LogP contribution in [0.4, 0.5) is 0 Å². The Hall–Kier alpha value is -0.740. The van der Waals surface area contributed by atoms with Crippen molar-refractivity contribution in [1.29, 1.82) is 0 Å². The Morgan fingerprint density at radius 2 is 1.83 bits per heavy atom. The monoisotopic (exact) mass is 253 g/mol. The summed E-state index contributed by atoms with van der Waals surface area (Å²) in [7, 11) is 0. The van der Waals surface area contributed by atoms with Crippen molar-refractivity contribution < 1.29 is 4.84 Å². The molecule has 18 heavy (non-hydrogen) atoms. The first-order valence-electron chi connectivity index (χ1n) is 6.92. The standard InChI is InChI=1S/C14H27N3O/c1-9-7-10(15)11(16)8-14(9)6-4-5-13(2,3)12(14)18-17/h9,12H,4-8,15-17H2,1-3H3. The van der Waals surface area contributed by atoms with Gasteiger partial charge in [-0.2, -0.15) is 0 Å². The summed E-state index contributed by atoms with van der Waals surface area (Å²) in [4.78, 5) is 5.43. The van der Waals surface area contributed by atoms with E-state index in [1.807, 2.05) is 0 Å². The lowest BCUT2D eigenvalue weighted by Crippen LogP contribution is -2.56. The van der Waals surface area contributed by atoms with Crippen LogP contribution in [-0.4, -0.2) is 6.10 Å². The highest BCUT2D eigenvalue weighted by Gasteiger charge is 2.54. The number of nitrogens with two attached hydrogens (primary N) is 3. The first kappa shape index (κ1) is 13.7. The molecule has 3 unspecified atom stereocenters. The number of hydrogen-bond acceptors (Lipinski definition) is 4. The SMILES string of the molecule is CC1CC(N)=C(N)CC12CCCC(C)(C)C2ON. The molecule has 0 amide bonds. The zero-order valence-electron chi connectivity index (χ0n) is 11.8. The highest BCUT2D eigenvalue weighted by Crippen LogP contribution is 2.56. The Balaban J connectivity index is 2.39. The lowest BCUT2D eigenvalue weighted by Gasteiger charge is -2.55. The van der Waals surface area contributed by atoms with Crippen LogP contribution in [0, 0.1) is 16.7 Å². The van der Waals surface area contributed by atoms with E-state index in [2.05, 4.69) is 20.8 Å². The van der Waals surface area contributed by atoms with Crippen LogP contribution in [-0.2, 0) is 4.84 Å². The normalized spacial score (nSPS) is 40.2. The molecule has 1 saturated carbocycles. The third-order valence-corrected chi connectivity index (χ3v) is 5.27. The first-order valence-corrected chi connectivity index (χ1v) is 6.92. The van der Waals surface area contributed by atoms with Gasteiger partial charge in [0.1, 0.15) is 0 Å². The van der Waals surface area contributed by atoms with Crippen LogP contribution < -0.4 is 17.4 Å². The van der Waals surface area contributed by atoms with Crippen molar-refractivity contribution in [3.63, 3.8) is 0 Å². The summed E-state index contributed by atoms with van der Waals surface area (Å²) < 4.78 is 0. The molecule has 2 aliphatic carbocycles. The Morgan fingerprint density at radius 1 is 1.17 bits per heavy atom. The molecule has 6 N–H and O–H groups in total. The minimum Gasteiger partial charge on any atom is -0.401 e. The highest BCUT2D eigenvalue weighted by atomic mass is 16.6. The molecule has 0 heterocycles. The zero-order valence-corrected chi connectivity index (χ0v) is 11.8. The smallest absolute Gasteiger partial charge is 0.0900 e. The maximum atomic E-state index is 6.11. The average Bonchev–Trinajstić information content (AvgIpc) is 2.26. The van der Waals surface area contributed by atoms with Crippen LogP contribution in [0.25, 0.3) is 0 Å². The average molecular weight is 253 g/mol. The zero-order chi connectivity index (χ0) is 13.6. The summed E-state index contributed by atoms with van der Waals surface area (Å²) in [6.45, 7) is 6.75. The maximum absolute atomic E-state index is 6.11. The predicted octanol–water partition coefficient (Wildman–Crippen LogP) is 2.00. The molecule has 1 fully saturated rings. The summed E-state index contributed by atoms with van der Waals surface area (Å²) in [5.41, 5.74) is 14.0. The molecule has 4 heteroatoms. The largest absolute Gasteiger partial charge is 0.401 e. The Labute approximate surface area is 110 Å². The molecular weight excluding hydrogens is 226 g/mol. The molecule has 0 aromatic heterocycles.